The van der Waals surface area contributed by atoms with Gasteiger partial charge in [-0.2, -0.15) is 0 Å². The highest BCUT2D eigenvalue weighted by Crippen LogP contribution is 2.33. The Morgan fingerprint density at radius 1 is 1.06 bits per heavy atom. The molecule has 1 nitrogen and oxygen atoms in total. The molecule has 0 amide bonds. The predicted octanol–water partition coefficient (Wildman–Crippen LogP) is 3.44. The van der Waals surface area contributed by atoms with Crippen LogP contribution in [-0.2, 0) is 6.54 Å². The van der Waals surface area contributed by atoms with Crippen LogP contribution in [0.5, 0.6) is 0 Å². The Morgan fingerprint density at radius 3 is 2.75 bits per heavy atom. The van der Waals surface area contributed by atoms with E-state index in [1.807, 2.05) is 0 Å². The van der Waals surface area contributed by atoms with Crippen LogP contribution in [0.2, 0.25) is 0 Å². The van der Waals surface area contributed by atoms with Crippen LogP contribution in [0.1, 0.15) is 30.9 Å². The van der Waals surface area contributed by atoms with Crippen LogP contribution < -0.4 is 5.32 Å². The molecule has 0 bridgehead atoms. The summed E-state index contributed by atoms with van der Waals surface area (Å²) in [6.07, 6.45) is 0. The second-order valence-corrected chi connectivity index (χ2v) is 4.82. The summed E-state index contributed by atoms with van der Waals surface area (Å²) in [5, 5.41) is 6.35. The molecule has 1 heterocycles. The van der Waals surface area contributed by atoms with E-state index in [4.69, 9.17) is 0 Å². The van der Waals surface area contributed by atoms with Crippen LogP contribution in [-0.4, -0.2) is 6.04 Å². The van der Waals surface area contributed by atoms with Crippen LogP contribution in [0.25, 0.3) is 10.8 Å². The lowest BCUT2D eigenvalue weighted by atomic mass is 9.83. The molecular weight excluding hydrogens is 194 g/mol. The van der Waals surface area contributed by atoms with Crippen molar-refractivity contribution in [2.24, 2.45) is 0 Å². The van der Waals surface area contributed by atoms with E-state index in [1.165, 1.54) is 16.3 Å². The highest BCUT2D eigenvalue weighted by Gasteiger charge is 2.23. The Kier molecular flexibility index (Phi) is 2.22. The zero-order valence-corrected chi connectivity index (χ0v) is 9.83. The molecule has 0 aliphatic carbocycles. The first-order valence-corrected chi connectivity index (χ1v) is 6.01. The van der Waals surface area contributed by atoms with Crippen molar-refractivity contribution >= 4 is 10.8 Å². The van der Waals surface area contributed by atoms with Crippen LogP contribution in [0.4, 0.5) is 0 Å². The molecule has 2 unspecified atom stereocenters. The number of benzene rings is 2. The lowest BCUT2D eigenvalue weighted by Gasteiger charge is -2.31. The van der Waals surface area contributed by atoms with E-state index < -0.39 is 0 Å². The van der Waals surface area contributed by atoms with Gasteiger partial charge in [-0.1, -0.05) is 43.3 Å². The van der Waals surface area contributed by atoms with Gasteiger partial charge in [-0.3, -0.25) is 0 Å². The lowest BCUT2D eigenvalue weighted by molar-refractivity contribution is 0.451. The Bertz CT molecular complexity index is 530. The zero-order valence-electron chi connectivity index (χ0n) is 9.83. The SMILES string of the molecule is CC1NCc2ccc3ccccc3c2C1C. The highest BCUT2D eigenvalue weighted by molar-refractivity contribution is 5.87. The van der Waals surface area contributed by atoms with Crippen LogP contribution >= 0.6 is 0 Å². The normalized spacial score (nSPS) is 24.4. The minimum atomic E-state index is 0.568. The van der Waals surface area contributed by atoms with Crippen molar-refractivity contribution < 1.29 is 0 Å². The molecule has 16 heavy (non-hydrogen) atoms. The van der Waals surface area contributed by atoms with Crippen molar-refractivity contribution in [2.75, 3.05) is 0 Å². The van der Waals surface area contributed by atoms with Gasteiger partial charge in [-0.05, 0) is 34.7 Å². The van der Waals surface area contributed by atoms with Crippen LogP contribution in [0.3, 0.4) is 0 Å². The molecule has 0 saturated heterocycles. The fourth-order valence-electron chi connectivity index (χ4n) is 2.73. The predicted molar refractivity (Wildman–Crippen MR) is 68.7 cm³/mol. The van der Waals surface area contributed by atoms with E-state index in [1.54, 1.807) is 5.56 Å². The summed E-state index contributed by atoms with van der Waals surface area (Å²) in [7, 11) is 0. The number of rotatable bonds is 0. The average molecular weight is 211 g/mol. The standard InChI is InChI=1S/C15H17N/c1-10-11(2)16-9-13-8-7-12-5-3-4-6-14(12)15(10)13/h3-8,10-11,16H,9H2,1-2H3. The largest absolute Gasteiger partial charge is 0.310 e. The maximum atomic E-state index is 3.55. The van der Waals surface area contributed by atoms with E-state index in [-0.39, 0.29) is 0 Å². The summed E-state index contributed by atoms with van der Waals surface area (Å²) in [4.78, 5) is 0. The molecule has 0 radical (unpaired) electrons. The van der Waals surface area contributed by atoms with Gasteiger partial charge in [0.05, 0.1) is 0 Å². The number of hydrogen-bond acceptors (Lipinski definition) is 1. The Morgan fingerprint density at radius 2 is 1.88 bits per heavy atom. The van der Waals surface area contributed by atoms with Gasteiger partial charge in [0.2, 0.25) is 0 Å². The summed E-state index contributed by atoms with van der Waals surface area (Å²) in [5.41, 5.74) is 3.01. The third-order valence-electron chi connectivity index (χ3n) is 3.88. The molecule has 1 aliphatic rings. The minimum Gasteiger partial charge on any atom is -0.310 e. The molecule has 82 valence electrons. The third-order valence-corrected chi connectivity index (χ3v) is 3.88. The smallest absolute Gasteiger partial charge is 0.0211 e. The molecule has 0 saturated carbocycles. The van der Waals surface area contributed by atoms with E-state index in [0.717, 1.165) is 6.54 Å². The van der Waals surface area contributed by atoms with Crippen molar-refractivity contribution in [2.45, 2.75) is 32.4 Å². The van der Waals surface area contributed by atoms with Gasteiger partial charge >= 0.3 is 0 Å². The van der Waals surface area contributed by atoms with E-state index in [2.05, 4.69) is 55.6 Å². The van der Waals surface area contributed by atoms with Gasteiger partial charge in [0.15, 0.2) is 0 Å². The molecule has 0 spiro atoms. The van der Waals surface area contributed by atoms with Crippen molar-refractivity contribution in [3.63, 3.8) is 0 Å². The summed E-state index contributed by atoms with van der Waals surface area (Å²) in [6, 6.07) is 13.8. The summed E-state index contributed by atoms with van der Waals surface area (Å²) in [5.74, 6) is 0.592. The van der Waals surface area contributed by atoms with Gasteiger partial charge in [0, 0.05) is 12.6 Å². The minimum absolute atomic E-state index is 0.568. The van der Waals surface area contributed by atoms with E-state index in [0.29, 0.717) is 12.0 Å². The first-order valence-electron chi connectivity index (χ1n) is 6.01. The lowest BCUT2D eigenvalue weighted by Crippen LogP contribution is -2.35. The topological polar surface area (TPSA) is 12.0 Å². The number of hydrogen-bond donors (Lipinski definition) is 1. The molecule has 1 N–H and O–H groups in total. The fraction of sp³-hybridized carbons (Fsp3) is 0.333. The highest BCUT2D eigenvalue weighted by atomic mass is 14.9. The average Bonchev–Trinajstić information content (AvgIpc) is 2.33. The molecule has 1 aliphatic heterocycles. The second kappa shape index (κ2) is 3.60. The van der Waals surface area contributed by atoms with Crippen molar-refractivity contribution in [1.29, 1.82) is 0 Å². The maximum Gasteiger partial charge on any atom is 0.0211 e. The fourth-order valence-corrected chi connectivity index (χ4v) is 2.73. The molecule has 1 heteroatoms. The van der Waals surface area contributed by atoms with Crippen molar-refractivity contribution in [3.8, 4) is 0 Å². The first-order chi connectivity index (χ1) is 7.77. The Hall–Kier alpha value is -1.34. The molecule has 0 aromatic heterocycles. The van der Waals surface area contributed by atoms with Crippen molar-refractivity contribution in [3.05, 3.63) is 47.5 Å². The molecular formula is C15H17N. The van der Waals surface area contributed by atoms with Crippen molar-refractivity contribution in [1.82, 2.24) is 5.32 Å². The van der Waals surface area contributed by atoms with Gasteiger partial charge in [-0.15, -0.1) is 0 Å². The summed E-state index contributed by atoms with van der Waals surface area (Å²) >= 11 is 0. The monoisotopic (exact) mass is 211 g/mol. The van der Waals surface area contributed by atoms with Crippen LogP contribution in [0, 0.1) is 0 Å². The molecule has 0 fully saturated rings. The zero-order chi connectivity index (χ0) is 11.1. The van der Waals surface area contributed by atoms with Crippen LogP contribution in [0.15, 0.2) is 36.4 Å². The van der Waals surface area contributed by atoms with E-state index in [9.17, 15) is 0 Å². The van der Waals surface area contributed by atoms with E-state index >= 15 is 0 Å². The molecule has 2 atom stereocenters. The summed E-state index contributed by atoms with van der Waals surface area (Å²) in [6.45, 7) is 5.60. The number of nitrogens with one attached hydrogen (secondary N) is 1. The molecule has 2 aromatic rings. The third kappa shape index (κ3) is 1.35. The van der Waals surface area contributed by atoms with Gasteiger partial charge in [-0.25, -0.2) is 0 Å². The Labute approximate surface area is 96.5 Å². The van der Waals surface area contributed by atoms with Gasteiger partial charge in [0.1, 0.15) is 0 Å². The quantitative estimate of drug-likeness (QED) is 0.704. The summed E-state index contributed by atoms with van der Waals surface area (Å²) < 4.78 is 0. The number of fused-ring (bicyclic) bond motifs is 3. The molecule has 3 rings (SSSR count). The Balaban J connectivity index is 2.32. The van der Waals surface area contributed by atoms with Gasteiger partial charge in [0.25, 0.3) is 0 Å². The molecule has 2 aromatic carbocycles. The first kappa shape index (κ1) is 9.86. The second-order valence-electron chi connectivity index (χ2n) is 4.82. The van der Waals surface area contributed by atoms with Gasteiger partial charge < -0.3 is 5.32 Å². The maximum absolute atomic E-state index is 3.55.